The van der Waals surface area contributed by atoms with Gasteiger partial charge in [-0.2, -0.15) is 4.31 Å². The number of amides is 2. The highest BCUT2D eigenvalue weighted by Gasteiger charge is 2.28. The summed E-state index contributed by atoms with van der Waals surface area (Å²) in [5.74, 6) is -0.0174. The lowest BCUT2D eigenvalue weighted by molar-refractivity contribution is -0.121. The lowest BCUT2D eigenvalue weighted by Gasteiger charge is -2.27. The van der Waals surface area contributed by atoms with E-state index < -0.39 is 10.0 Å². The number of carbonyl (C=O) groups excluding carboxylic acids is 2. The fourth-order valence-corrected chi connectivity index (χ4v) is 7.01. The average molecular weight is 462 g/mol. The van der Waals surface area contributed by atoms with Gasteiger partial charge in [0, 0.05) is 43.2 Å². The largest absolute Gasteiger partial charge is 0.352 e. The number of rotatable bonds is 7. The van der Waals surface area contributed by atoms with Gasteiger partial charge in [0.2, 0.25) is 11.8 Å². The Kier molecular flexibility index (Phi) is 6.74. The Balaban J connectivity index is 1.33. The zero-order chi connectivity index (χ0) is 21.8. The van der Waals surface area contributed by atoms with Crippen LogP contribution in [0.25, 0.3) is 0 Å². The fourth-order valence-electron chi connectivity index (χ4n) is 3.98. The summed E-state index contributed by atoms with van der Waals surface area (Å²) < 4.78 is 27.1. The summed E-state index contributed by atoms with van der Waals surface area (Å²) in [6, 6.07) is 11.0. The van der Waals surface area contributed by atoms with E-state index >= 15 is 0 Å². The first-order valence-electron chi connectivity index (χ1n) is 10.7. The Hall–Kier alpha value is -2.23. The lowest BCUT2D eigenvalue weighted by Crippen LogP contribution is -2.35. The normalized spacial score (nSPS) is 17.8. The molecule has 2 aliphatic heterocycles. The summed E-state index contributed by atoms with van der Waals surface area (Å²) in [6.07, 6.45) is 4.46. The first kappa shape index (κ1) is 22.0. The molecule has 1 aromatic carbocycles. The Bertz CT molecular complexity index is 1060. The van der Waals surface area contributed by atoms with Crippen molar-refractivity contribution in [1.29, 1.82) is 0 Å². The third-order valence-corrected chi connectivity index (χ3v) is 9.12. The molecule has 0 spiro atoms. The number of nitrogens with one attached hydrogen (secondary N) is 1. The van der Waals surface area contributed by atoms with Crippen molar-refractivity contribution < 1.29 is 18.0 Å². The van der Waals surface area contributed by atoms with E-state index in [1.54, 1.807) is 12.1 Å². The number of piperidine rings is 1. The van der Waals surface area contributed by atoms with Crippen LogP contribution in [-0.4, -0.2) is 44.2 Å². The molecule has 31 heavy (non-hydrogen) atoms. The third kappa shape index (κ3) is 5.16. The molecule has 7 nitrogen and oxygen atoms in total. The van der Waals surface area contributed by atoms with E-state index in [2.05, 4.69) is 5.32 Å². The summed E-state index contributed by atoms with van der Waals surface area (Å²) in [6.45, 7) is 2.23. The van der Waals surface area contributed by atoms with Crippen molar-refractivity contribution in [3.63, 3.8) is 0 Å². The molecule has 2 aliphatic rings. The van der Waals surface area contributed by atoms with Crippen LogP contribution in [0.3, 0.4) is 0 Å². The molecule has 4 rings (SSSR count). The summed E-state index contributed by atoms with van der Waals surface area (Å²) in [5.41, 5.74) is 1.79. The van der Waals surface area contributed by atoms with Gasteiger partial charge < -0.3 is 10.2 Å². The van der Waals surface area contributed by atoms with Crippen molar-refractivity contribution in [3.8, 4) is 0 Å². The number of anilines is 1. The molecular formula is C22H27N3O4S2. The Labute approximate surface area is 187 Å². The predicted octanol–water partition coefficient (Wildman–Crippen LogP) is 2.91. The van der Waals surface area contributed by atoms with Gasteiger partial charge in [0.05, 0.1) is 6.42 Å². The van der Waals surface area contributed by atoms with Gasteiger partial charge in [-0.15, -0.1) is 11.3 Å². The number of carbonyl (C=O) groups is 2. The Morgan fingerprint density at radius 1 is 1.03 bits per heavy atom. The average Bonchev–Trinajstić information content (AvgIpc) is 3.46. The molecule has 3 heterocycles. The fraction of sp³-hybridized carbons (Fsp3) is 0.455. The smallest absolute Gasteiger partial charge is 0.252 e. The van der Waals surface area contributed by atoms with Crippen LogP contribution in [0.2, 0.25) is 0 Å². The molecule has 0 saturated carbocycles. The molecule has 1 aromatic heterocycles. The van der Waals surface area contributed by atoms with E-state index in [-0.39, 0.29) is 18.2 Å². The summed E-state index contributed by atoms with van der Waals surface area (Å²) in [4.78, 5) is 27.1. The first-order valence-corrected chi connectivity index (χ1v) is 12.9. The molecule has 2 fully saturated rings. The molecule has 0 atom stereocenters. The van der Waals surface area contributed by atoms with Gasteiger partial charge in [0.25, 0.3) is 10.0 Å². The number of thiophene rings is 1. The molecule has 2 aromatic rings. The van der Waals surface area contributed by atoms with Crippen molar-refractivity contribution in [3.05, 3.63) is 46.8 Å². The van der Waals surface area contributed by atoms with E-state index in [9.17, 15) is 18.0 Å². The number of hydrogen-bond acceptors (Lipinski definition) is 5. The van der Waals surface area contributed by atoms with Crippen molar-refractivity contribution in [2.75, 3.05) is 24.5 Å². The van der Waals surface area contributed by atoms with Gasteiger partial charge in [-0.3, -0.25) is 9.59 Å². The maximum atomic E-state index is 12.6. The highest BCUT2D eigenvalue weighted by atomic mass is 32.2. The van der Waals surface area contributed by atoms with E-state index in [0.717, 1.165) is 59.7 Å². The second-order valence-electron chi connectivity index (χ2n) is 7.96. The van der Waals surface area contributed by atoms with Crippen LogP contribution >= 0.6 is 11.3 Å². The second kappa shape index (κ2) is 9.50. The summed E-state index contributed by atoms with van der Waals surface area (Å²) >= 11 is 1.16. The lowest BCUT2D eigenvalue weighted by atomic mass is 10.1. The van der Waals surface area contributed by atoms with Crippen molar-refractivity contribution in [1.82, 2.24) is 9.62 Å². The molecule has 0 bridgehead atoms. The van der Waals surface area contributed by atoms with Crippen LogP contribution in [0.4, 0.5) is 5.69 Å². The minimum atomic E-state index is -3.44. The van der Waals surface area contributed by atoms with Gasteiger partial charge in [-0.1, -0.05) is 12.1 Å². The molecule has 2 amide bonds. The maximum Gasteiger partial charge on any atom is 0.252 e. The summed E-state index contributed by atoms with van der Waals surface area (Å²) in [7, 11) is -3.44. The zero-order valence-electron chi connectivity index (χ0n) is 17.4. The molecule has 0 radical (unpaired) electrons. The second-order valence-corrected chi connectivity index (χ2v) is 11.3. The maximum absolute atomic E-state index is 12.6. The van der Waals surface area contributed by atoms with Crippen molar-refractivity contribution in [2.45, 2.75) is 49.3 Å². The standard InChI is InChI=1S/C22H27N3O4S2/c26-20(15-19-9-10-22(30-19)31(28,29)24-11-3-4-12-24)23-16-17-6-5-7-18(14-17)25-13-2-1-8-21(25)27/h5-7,9-10,14H,1-4,8,11-13,15-16H2,(H,23,26). The van der Waals surface area contributed by atoms with Crippen molar-refractivity contribution in [2.24, 2.45) is 0 Å². The number of sulfonamides is 1. The van der Waals surface area contributed by atoms with Crippen LogP contribution in [0, 0.1) is 0 Å². The van der Waals surface area contributed by atoms with Gasteiger partial charge in [0.15, 0.2) is 0 Å². The molecule has 9 heteroatoms. The SMILES string of the molecule is O=C(Cc1ccc(S(=O)(=O)N2CCCC2)s1)NCc1cccc(N2CCCCC2=O)c1. The van der Waals surface area contributed by atoms with Gasteiger partial charge in [-0.05, 0) is 55.5 Å². The quantitative estimate of drug-likeness (QED) is 0.687. The Morgan fingerprint density at radius 3 is 2.58 bits per heavy atom. The molecule has 1 N–H and O–H groups in total. The predicted molar refractivity (Wildman–Crippen MR) is 121 cm³/mol. The minimum Gasteiger partial charge on any atom is -0.352 e. The van der Waals surface area contributed by atoms with Crippen LogP contribution in [0.1, 0.15) is 42.5 Å². The summed E-state index contributed by atoms with van der Waals surface area (Å²) in [5, 5.41) is 2.90. The van der Waals surface area contributed by atoms with E-state index in [4.69, 9.17) is 0 Å². The van der Waals surface area contributed by atoms with Crippen LogP contribution < -0.4 is 10.2 Å². The Morgan fingerprint density at radius 2 is 1.81 bits per heavy atom. The van der Waals surface area contributed by atoms with Crippen LogP contribution in [0.15, 0.2) is 40.6 Å². The number of benzene rings is 1. The van der Waals surface area contributed by atoms with Crippen LogP contribution in [-0.2, 0) is 32.6 Å². The number of hydrogen-bond donors (Lipinski definition) is 1. The third-order valence-electron chi connectivity index (χ3n) is 5.67. The van der Waals surface area contributed by atoms with Gasteiger partial charge >= 0.3 is 0 Å². The minimum absolute atomic E-state index is 0.143. The van der Waals surface area contributed by atoms with Gasteiger partial charge in [0.1, 0.15) is 4.21 Å². The highest BCUT2D eigenvalue weighted by molar-refractivity contribution is 7.91. The molecule has 0 aliphatic carbocycles. The first-order chi connectivity index (χ1) is 14.9. The van der Waals surface area contributed by atoms with E-state index in [1.165, 1.54) is 4.31 Å². The van der Waals surface area contributed by atoms with Crippen LogP contribution in [0.5, 0.6) is 0 Å². The van der Waals surface area contributed by atoms with E-state index in [0.29, 0.717) is 30.3 Å². The zero-order valence-corrected chi connectivity index (χ0v) is 19.0. The van der Waals surface area contributed by atoms with Crippen molar-refractivity contribution >= 4 is 38.9 Å². The van der Waals surface area contributed by atoms with E-state index in [1.807, 2.05) is 29.2 Å². The molecule has 0 unspecified atom stereocenters. The molecule has 2 saturated heterocycles. The molecular weight excluding hydrogens is 434 g/mol. The highest BCUT2D eigenvalue weighted by Crippen LogP contribution is 2.27. The number of nitrogens with zero attached hydrogens (tertiary/aromatic N) is 2. The van der Waals surface area contributed by atoms with Gasteiger partial charge in [-0.25, -0.2) is 8.42 Å². The topological polar surface area (TPSA) is 86.8 Å². The monoisotopic (exact) mass is 461 g/mol. The molecule has 166 valence electrons.